The van der Waals surface area contributed by atoms with Gasteiger partial charge in [0.05, 0.1) is 16.7 Å². The molecule has 0 radical (unpaired) electrons. The number of anilines is 1. The molecular weight excluding hydrogens is 532 g/mol. The van der Waals surface area contributed by atoms with Crippen molar-refractivity contribution in [1.82, 2.24) is 24.8 Å². The predicted molar refractivity (Wildman–Crippen MR) is 166 cm³/mol. The van der Waals surface area contributed by atoms with Crippen LogP contribution in [-0.2, 0) is 0 Å². The Balaban J connectivity index is 0.985. The number of nitrogens with one attached hydrogen (secondary N) is 3. The normalized spacial score (nSPS) is 14.1. The molecule has 1 saturated heterocycles. The van der Waals surface area contributed by atoms with Gasteiger partial charge in [0, 0.05) is 38.3 Å². The molecule has 0 atom stereocenters. The minimum atomic E-state index is 0.609. The van der Waals surface area contributed by atoms with Crippen LogP contribution in [0.15, 0.2) is 91.0 Å². The standard InChI is InChI=1S/C32H30N6O2S/c41-32-34-26-9-5-11-28(30(26)36-32)39-21-20-37-16-18-38(19-17-37)27-10-4-8-25-29(27)35-31(33-25)22-12-14-24(15-13-22)40-23-6-2-1-3-7-23/h1-15H,16-21H2,(H,33,35)(H2,34,36,41). The average molecular weight is 563 g/mol. The number of piperazine rings is 1. The maximum atomic E-state index is 6.11. The van der Waals surface area contributed by atoms with Crippen LogP contribution < -0.4 is 14.4 Å². The summed E-state index contributed by atoms with van der Waals surface area (Å²) in [4.78, 5) is 19.7. The van der Waals surface area contributed by atoms with Gasteiger partial charge >= 0.3 is 0 Å². The summed E-state index contributed by atoms with van der Waals surface area (Å²) in [6, 6.07) is 30.2. The summed E-state index contributed by atoms with van der Waals surface area (Å²) in [6.07, 6.45) is 0. The summed E-state index contributed by atoms with van der Waals surface area (Å²) >= 11 is 5.23. The van der Waals surface area contributed by atoms with Crippen molar-refractivity contribution in [2.75, 3.05) is 44.2 Å². The molecule has 0 aliphatic carbocycles. The third-order valence-corrected chi connectivity index (χ3v) is 7.69. The SMILES string of the molecule is S=c1[nH]c2cccc(OCCN3CCN(c4cccc5[nH]c(-c6ccc(Oc7ccccc7)cc6)nc45)CC3)c2[nH]1. The molecule has 3 N–H and O–H groups in total. The van der Waals surface area contributed by atoms with Crippen LogP contribution in [0.4, 0.5) is 5.69 Å². The number of aromatic amines is 3. The van der Waals surface area contributed by atoms with E-state index in [9.17, 15) is 0 Å². The van der Waals surface area contributed by atoms with Crippen LogP contribution in [0.1, 0.15) is 0 Å². The zero-order chi connectivity index (χ0) is 27.6. The van der Waals surface area contributed by atoms with E-state index in [0.717, 1.165) is 83.4 Å². The molecule has 9 heteroatoms. The lowest BCUT2D eigenvalue weighted by atomic mass is 10.2. The first-order chi connectivity index (χ1) is 20.2. The van der Waals surface area contributed by atoms with Crippen LogP contribution in [0.2, 0.25) is 0 Å². The van der Waals surface area contributed by atoms with E-state index >= 15 is 0 Å². The summed E-state index contributed by atoms with van der Waals surface area (Å²) in [6.45, 7) is 5.31. The number of ether oxygens (including phenoxy) is 2. The number of H-pyrrole nitrogens is 3. The minimum absolute atomic E-state index is 0.609. The second kappa shape index (κ2) is 11.1. The van der Waals surface area contributed by atoms with Gasteiger partial charge in [-0.1, -0.05) is 30.3 Å². The van der Waals surface area contributed by atoms with Gasteiger partial charge in [0.2, 0.25) is 0 Å². The van der Waals surface area contributed by atoms with Gasteiger partial charge in [0.25, 0.3) is 0 Å². The fourth-order valence-electron chi connectivity index (χ4n) is 5.36. The zero-order valence-corrected chi connectivity index (χ0v) is 23.3. The van der Waals surface area contributed by atoms with Gasteiger partial charge in [-0.25, -0.2) is 4.98 Å². The van der Waals surface area contributed by atoms with Crippen LogP contribution in [0.25, 0.3) is 33.5 Å². The molecule has 1 aliphatic heterocycles. The molecule has 0 saturated carbocycles. The minimum Gasteiger partial charge on any atom is -0.490 e. The van der Waals surface area contributed by atoms with Gasteiger partial charge in [-0.15, -0.1) is 0 Å². The highest BCUT2D eigenvalue weighted by Gasteiger charge is 2.20. The van der Waals surface area contributed by atoms with Gasteiger partial charge < -0.3 is 29.3 Å². The topological polar surface area (TPSA) is 85.2 Å². The first kappa shape index (κ1) is 25.4. The summed E-state index contributed by atoms with van der Waals surface area (Å²) in [5, 5.41) is 0. The Morgan fingerprint density at radius 1 is 0.732 bits per heavy atom. The number of fused-ring (bicyclic) bond motifs is 2. The Morgan fingerprint density at radius 3 is 2.32 bits per heavy atom. The Hall–Kier alpha value is -4.60. The molecule has 1 aliphatic rings. The number of benzene rings is 4. The van der Waals surface area contributed by atoms with E-state index in [1.807, 2.05) is 72.8 Å². The number of rotatable bonds is 8. The zero-order valence-electron chi connectivity index (χ0n) is 22.5. The number of aromatic nitrogens is 4. The lowest BCUT2D eigenvalue weighted by Crippen LogP contribution is -2.47. The average Bonchev–Trinajstić information content (AvgIpc) is 3.62. The van der Waals surface area contributed by atoms with E-state index in [0.29, 0.717) is 11.4 Å². The monoisotopic (exact) mass is 562 g/mol. The molecule has 8 nitrogen and oxygen atoms in total. The molecule has 6 aromatic rings. The van der Waals surface area contributed by atoms with Gasteiger partial charge in [0.1, 0.15) is 40.7 Å². The highest BCUT2D eigenvalue weighted by atomic mass is 32.1. The van der Waals surface area contributed by atoms with Crippen molar-refractivity contribution >= 4 is 40.0 Å². The predicted octanol–water partition coefficient (Wildman–Crippen LogP) is 6.76. The van der Waals surface area contributed by atoms with E-state index in [4.69, 9.17) is 26.7 Å². The lowest BCUT2D eigenvalue weighted by Gasteiger charge is -2.36. The van der Waals surface area contributed by atoms with Crippen LogP contribution >= 0.6 is 12.2 Å². The molecule has 0 amide bonds. The van der Waals surface area contributed by atoms with Crippen molar-refractivity contribution < 1.29 is 9.47 Å². The van der Waals surface area contributed by atoms with Crippen molar-refractivity contribution in [2.45, 2.75) is 0 Å². The van der Waals surface area contributed by atoms with Gasteiger partial charge in [-0.2, -0.15) is 0 Å². The first-order valence-electron chi connectivity index (χ1n) is 13.8. The molecule has 3 heterocycles. The van der Waals surface area contributed by atoms with E-state index in [-0.39, 0.29) is 0 Å². The summed E-state index contributed by atoms with van der Waals surface area (Å²) < 4.78 is 12.7. The van der Waals surface area contributed by atoms with Crippen molar-refractivity contribution in [3.05, 3.63) is 95.8 Å². The van der Waals surface area contributed by atoms with Crippen LogP contribution in [0, 0.1) is 4.77 Å². The molecular formula is C32H30N6O2S. The summed E-state index contributed by atoms with van der Waals surface area (Å²) in [5.74, 6) is 3.30. The van der Waals surface area contributed by atoms with E-state index in [2.05, 4.69) is 43.0 Å². The smallest absolute Gasteiger partial charge is 0.175 e. The first-order valence-corrected chi connectivity index (χ1v) is 14.2. The maximum Gasteiger partial charge on any atom is 0.175 e. The molecule has 2 aromatic heterocycles. The Morgan fingerprint density at radius 2 is 1.49 bits per heavy atom. The quantitative estimate of drug-likeness (QED) is 0.178. The highest BCUT2D eigenvalue weighted by Crippen LogP contribution is 2.30. The number of imidazole rings is 2. The molecule has 0 spiro atoms. The van der Waals surface area contributed by atoms with Gasteiger partial charge in [-0.3, -0.25) is 4.90 Å². The highest BCUT2D eigenvalue weighted by molar-refractivity contribution is 7.71. The summed E-state index contributed by atoms with van der Waals surface area (Å²) in [5.41, 5.74) is 6.11. The molecule has 0 bridgehead atoms. The van der Waals surface area contributed by atoms with E-state index in [1.165, 1.54) is 5.69 Å². The van der Waals surface area contributed by atoms with E-state index in [1.54, 1.807) is 0 Å². The molecule has 206 valence electrons. The van der Waals surface area contributed by atoms with Crippen molar-refractivity contribution in [3.63, 3.8) is 0 Å². The van der Waals surface area contributed by atoms with Crippen molar-refractivity contribution in [1.29, 1.82) is 0 Å². The molecule has 0 unspecified atom stereocenters. The fourth-order valence-corrected chi connectivity index (χ4v) is 5.58. The second-order valence-corrected chi connectivity index (χ2v) is 10.5. The Labute approximate surface area is 242 Å². The van der Waals surface area contributed by atoms with Crippen molar-refractivity contribution in [3.8, 4) is 28.6 Å². The fraction of sp³-hybridized carbons (Fsp3) is 0.188. The van der Waals surface area contributed by atoms with Gasteiger partial charge in [-0.05, 0) is 72.9 Å². The molecule has 7 rings (SSSR count). The number of para-hydroxylation sites is 3. The largest absolute Gasteiger partial charge is 0.490 e. The third-order valence-electron chi connectivity index (χ3n) is 7.49. The Kier molecular flexibility index (Phi) is 6.88. The van der Waals surface area contributed by atoms with Crippen LogP contribution in [0.5, 0.6) is 17.2 Å². The number of nitrogens with zero attached hydrogens (tertiary/aromatic N) is 3. The van der Waals surface area contributed by atoms with E-state index < -0.39 is 0 Å². The molecule has 4 aromatic carbocycles. The number of hydrogen-bond donors (Lipinski definition) is 3. The molecule has 41 heavy (non-hydrogen) atoms. The third kappa shape index (κ3) is 5.41. The van der Waals surface area contributed by atoms with Crippen LogP contribution in [0.3, 0.4) is 0 Å². The van der Waals surface area contributed by atoms with Crippen molar-refractivity contribution in [2.24, 2.45) is 0 Å². The summed E-state index contributed by atoms with van der Waals surface area (Å²) in [7, 11) is 0. The second-order valence-electron chi connectivity index (χ2n) is 10.1. The van der Waals surface area contributed by atoms with Gasteiger partial charge in [0.15, 0.2) is 4.77 Å². The molecule has 1 fully saturated rings. The maximum absolute atomic E-state index is 6.11. The van der Waals surface area contributed by atoms with Crippen LogP contribution in [-0.4, -0.2) is 64.2 Å². The Bertz CT molecular complexity index is 1840. The lowest BCUT2D eigenvalue weighted by molar-refractivity contribution is 0.201. The number of hydrogen-bond acceptors (Lipinski definition) is 6.